The van der Waals surface area contributed by atoms with Crippen molar-refractivity contribution in [2.75, 3.05) is 6.79 Å². The van der Waals surface area contributed by atoms with E-state index in [4.69, 9.17) is 14.2 Å². The fourth-order valence-electron chi connectivity index (χ4n) is 2.59. The Labute approximate surface area is 122 Å². The van der Waals surface area contributed by atoms with E-state index < -0.39 is 11.5 Å². The van der Waals surface area contributed by atoms with Crippen LogP contribution in [0.15, 0.2) is 18.2 Å². The molecule has 1 saturated heterocycles. The predicted octanol–water partition coefficient (Wildman–Crippen LogP) is 1.37. The molecule has 3 rings (SSSR count). The van der Waals surface area contributed by atoms with Gasteiger partial charge in [-0.05, 0) is 31.5 Å². The molecule has 0 unspecified atom stereocenters. The third-order valence-electron chi connectivity index (χ3n) is 3.81. The minimum Gasteiger partial charge on any atom is -0.459 e. The van der Waals surface area contributed by atoms with Crippen molar-refractivity contribution >= 4 is 11.9 Å². The first-order valence-electron chi connectivity index (χ1n) is 6.84. The van der Waals surface area contributed by atoms with Gasteiger partial charge >= 0.3 is 5.97 Å². The summed E-state index contributed by atoms with van der Waals surface area (Å²) in [6, 6.07) is 5.52. The maximum Gasteiger partial charge on any atom is 0.307 e. The van der Waals surface area contributed by atoms with E-state index in [9.17, 15) is 9.59 Å². The first kappa shape index (κ1) is 13.7. The lowest BCUT2D eigenvalue weighted by molar-refractivity contribution is -0.147. The average Bonchev–Trinajstić information content (AvgIpc) is 2.98. The summed E-state index contributed by atoms with van der Waals surface area (Å²) in [5.74, 6) is 0.424. The number of amides is 1. The Balaban J connectivity index is 1.62. The molecule has 1 N–H and O–H groups in total. The van der Waals surface area contributed by atoms with Gasteiger partial charge in [-0.1, -0.05) is 6.07 Å². The average molecular weight is 291 g/mol. The highest BCUT2D eigenvalue weighted by molar-refractivity contribution is 5.87. The second-order valence-corrected chi connectivity index (χ2v) is 5.74. The molecule has 6 nitrogen and oxygen atoms in total. The number of esters is 1. The number of carbonyl (C=O) groups excluding carboxylic acids is 2. The molecule has 1 amide bonds. The van der Waals surface area contributed by atoms with Crippen LogP contribution in [0.3, 0.4) is 0 Å². The van der Waals surface area contributed by atoms with Gasteiger partial charge in [0.05, 0.1) is 12.3 Å². The monoisotopic (exact) mass is 291 g/mol. The summed E-state index contributed by atoms with van der Waals surface area (Å²) < 4.78 is 15.7. The van der Waals surface area contributed by atoms with Crippen LogP contribution in [0.5, 0.6) is 11.5 Å². The maximum absolute atomic E-state index is 12.2. The quantitative estimate of drug-likeness (QED) is 0.851. The van der Waals surface area contributed by atoms with Gasteiger partial charge in [0.25, 0.3) is 0 Å². The van der Waals surface area contributed by atoms with Crippen molar-refractivity contribution in [2.24, 2.45) is 5.92 Å². The minimum absolute atomic E-state index is 0.125. The first-order chi connectivity index (χ1) is 9.95. The van der Waals surface area contributed by atoms with Gasteiger partial charge in [0.2, 0.25) is 12.7 Å². The van der Waals surface area contributed by atoms with Crippen molar-refractivity contribution < 1.29 is 23.8 Å². The van der Waals surface area contributed by atoms with Crippen LogP contribution in [0.25, 0.3) is 0 Å². The Morgan fingerprint density at radius 3 is 2.81 bits per heavy atom. The number of hydrogen-bond acceptors (Lipinski definition) is 5. The molecular weight excluding hydrogens is 274 g/mol. The predicted molar refractivity (Wildman–Crippen MR) is 72.7 cm³/mol. The van der Waals surface area contributed by atoms with Gasteiger partial charge in [-0.2, -0.15) is 0 Å². The molecule has 1 fully saturated rings. The van der Waals surface area contributed by atoms with Crippen molar-refractivity contribution in [1.82, 2.24) is 5.32 Å². The van der Waals surface area contributed by atoms with Gasteiger partial charge in [-0.15, -0.1) is 0 Å². The van der Waals surface area contributed by atoms with E-state index >= 15 is 0 Å². The zero-order valence-electron chi connectivity index (χ0n) is 12.0. The molecular formula is C15H17NO5. The summed E-state index contributed by atoms with van der Waals surface area (Å²) >= 11 is 0. The van der Waals surface area contributed by atoms with Gasteiger partial charge < -0.3 is 19.5 Å². The highest BCUT2D eigenvalue weighted by Crippen LogP contribution is 2.34. The van der Waals surface area contributed by atoms with E-state index in [0.717, 1.165) is 5.56 Å². The Hall–Kier alpha value is -2.24. The van der Waals surface area contributed by atoms with Gasteiger partial charge in [-0.3, -0.25) is 9.59 Å². The van der Waals surface area contributed by atoms with Crippen LogP contribution in [-0.2, 0) is 20.9 Å². The Morgan fingerprint density at radius 2 is 2.10 bits per heavy atom. The van der Waals surface area contributed by atoms with Crippen LogP contribution in [0, 0.1) is 5.92 Å². The molecule has 2 aliphatic rings. The second-order valence-electron chi connectivity index (χ2n) is 5.74. The highest BCUT2D eigenvalue weighted by atomic mass is 16.7. The molecule has 0 bridgehead atoms. The summed E-state index contributed by atoms with van der Waals surface area (Å²) in [5, 5.41) is 2.84. The largest absolute Gasteiger partial charge is 0.459 e. The van der Waals surface area contributed by atoms with Gasteiger partial charge in [-0.25, -0.2) is 0 Å². The summed E-state index contributed by atoms with van der Waals surface area (Å²) in [7, 11) is 0. The van der Waals surface area contributed by atoms with E-state index in [1.165, 1.54) is 0 Å². The van der Waals surface area contributed by atoms with Crippen molar-refractivity contribution in [2.45, 2.75) is 32.4 Å². The Kier molecular flexibility index (Phi) is 3.23. The Morgan fingerprint density at radius 1 is 1.33 bits per heavy atom. The van der Waals surface area contributed by atoms with Crippen molar-refractivity contribution in [3.05, 3.63) is 23.8 Å². The highest BCUT2D eigenvalue weighted by Gasteiger charge is 2.45. The maximum atomic E-state index is 12.2. The topological polar surface area (TPSA) is 73.9 Å². The van der Waals surface area contributed by atoms with Crippen LogP contribution in [0.4, 0.5) is 0 Å². The zero-order chi connectivity index (χ0) is 15.0. The molecule has 21 heavy (non-hydrogen) atoms. The molecule has 2 heterocycles. The summed E-state index contributed by atoms with van der Waals surface area (Å²) in [4.78, 5) is 23.6. The van der Waals surface area contributed by atoms with E-state index in [2.05, 4.69) is 5.32 Å². The van der Waals surface area contributed by atoms with E-state index in [0.29, 0.717) is 18.0 Å². The smallest absolute Gasteiger partial charge is 0.307 e. The lowest BCUT2D eigenvalue weighted by atomic mass is 9.90. The number of nitrogens with one attached hydrogen (secondary N) is 1. The van der Waals surface area contributed by atoms with E-state index in [1.54, 1.807) is 13.8 Å². The molecule has 6 heteroatoms. The number of fused-ring (bicyclic) bond motifs is 1. The number of ether oxygens (including phenoxy) is 3. The van der Waals surface area contributed by atoms with Gasteiger partial charge in [0.15, 0.2) is 11.5 Å². The Bertz CT molecular complexity index is 596. The number of hydrogen-bond donors (Lipinski definition) is 1. The van der Waals surface area contributed by atoms with Crippen molar-refractivity contribution in [3.63, 3.8) is 0 Å². The molecule has 1 atom stereocenters. The standard InChI is InChI=1S/C15H17NO5/c1-15(2)10(6-13(17)21-15)14(18)16-7-9-3-4-11-12(5-9)20-8-19-11/h3-5,10H,6-8H2,1-2H3,(H,16,18)/t10-/m0/s1. The second kappa shape index (κ2) is 4.95. The number of carbonyl (C=O) groups is 2. The summed E-state index contributed by atoms with van der Waals surface area (Å²) in [6.45, 7) is 4.10. The fourth-order valence-corrected chi connectivity index (χ4v) is 2.59. The fraction of sp³-hybridized carbons (Fsp3) is 0.467. The molecule has 112 valence electrons. The molecule has 0 aliphatic carbocycles. The molecule has 2 aliphatic heterocycles. The summed E-state index contributed by atoms with van der Waals surface area (Å²) in [5.41, 5.74) is 0.159. The van der Waals surface area contributed by atoms with E-state index in [-0.39, 0.29) is 25.1 Å². The normalized spacial score (nSPS) is 22.0. The molecule has 0 radical (unpaired) electrons. The molecule has 1 aromatic carbocycles. The van der Waals surface area contributed by atoms with E-state index in [1.807, 2.05) is 18.2 Å². The first-order valence-corrected chi connectivity index (χ1v) is 6.84. The minimum atomic E-state index is -0.754. The van der Waals surface area contributed by atoms with Crippen LogP contribution < -0.4 is 14.8 Å². The van der Waals surface area contributed by atoms with Crippen LogP contribution in [0.2, 0.25) is 0 Å². The number of rotatable bonds is 3. The van der Waals surface area contributed by atoms with Crippen LogP contribution >= 0.6 is 0 Å². The van der Waals surface area contributed by atoms with Gasteiger partial charge in [0, 0.05) is 6.54 Å². The molecule has 0 saturated carbocycles. The number of cyclic esters (lactones) is 1. The third-order valence-corrected chi connectivity index (χ3v) is 3.81. The van der Waals surface area contributed by atoms with Crippen molar-refractivity contribution in [1.29, 1.82) is 0 Å². The SMILES string of the molecule is CC1(C)OC(=O)C[C@H]1C(=O)NCc1ccc2c(c1)OCO2. The van der Waals surface area contributed by atoms with Gasteiger partial charge in [0.1, 0.15) is 5.60 Å². The van der Waals surface area contributed by atoms with Crippen LogP contribution in [0.1, 0.15) is 25.8 Å². The number of benzene rings is 1. The lowest BCUT2D eigenvalue weighted by Crippen LogP contribution is -2.40. The lowest BCUT2D eigenvalue weighted by Gasteiger charge is -2.23. The molecule has 1 aromatic rings. The third kappa shape index (κ3) is 2.66. The van der Waals surface area contributed by atoms with Crippen LogP contribution in [-0.4, -0.2) is 24.3 Å². The zero-order valence-corrected chi connectivity index (χ0v) is 12.0. The summed E-state index contributed by atoms with van der Waals surface area (Å²) in [6.07, 6.45) is 0.125. The van der Waals surface area contributed by atoms with Crippen molar-refractivity contribution in [3.8, 4) is 11.5 Å². The molecule has 0 spiro atoms. The molecule has 0 aromatic heterocycles.